The van der Waals surface area contributed by atoms with Crippen molar-refractivity contribution in [1.29, 1.82) is 0 Å². The molecule has 0 saturated heterocycles. The van der Waals surface area contributed by atoms with Crippen LogP contribution in [0.15, 0.2) is 41.8 Å². The number of amides is 3. The second-order valence-electron chi connectivity index (χ2n) is 5.06. The molecule has 2 aromatic rings. The standard InChI is InChI=1S/C16H19N3O2S/c1-19(2)16(21)18-13-6-3-5-12(9-13)11-17-15(20)10-14-7-4-8-22-14/h3-9H,10-11H2,1-2H3,(H,17,20)(H,18,21). The maximum absolute atomic E-state index is 11.9. The van der Waals surface area contributed by atoms with Crippen LogP contribution in [-0.4, -0.2) is 30.9 Å². The highest BCUT2D eigenvalue weighted by molar-refractivity contribution is 7.10. The topological polar surface area (TPSA) is 61.4 Å². The molecule has 0 bridgehead atoms. The van der Waals surface area contributed by atoms with E-state index in [2.05, 4.69) is 10.6 Å². The third-order valence-corrected chi connectivity index (χ3v) is 3.87. The van der Waals surface area contributed by atoms with E-state index < -0.39 is 0 Å². The van der Waals surface area contributed by atoms with E-state index in [1.54, 1.807) is 25.4 Å². The third kappa shape index (κ3) is 4.89. The molecule has 0 aliphatic carbocycles. The molecule has 3 amide bonds. The molecule has 5 nitrogen and oxygen atoms in total. The van der Waals surface area contributed by atoms with Crippen LogP contribution in [0.2, 0.25) is 0 Å². The molecule has 22 heavy (non-hydrogen) atoms. The molecular formula is C16H19N3O2S. The molecular weight excluding hydrogens is 298 g/mol. The summed E-state index contributed by atoms with van der Waals surface area (Å²) in [4.78, 5) is 26.0. The van der Waals surface area contributed by atoms with E-state index in [1.807, 2.05) is 41.8 Å². The molecule has 2 rings (SSSR count). The molecule has 0 fully saturated rings. The predicted molar refractivity (Wildman–Crippen MR) is 89.0 cm³/mol. The van der Waals surface area contributed by atoms with E-state index >= 15 is 0 Å². The summed E-state index contributed by atoms with van der Waals surface area (Å²) >= 11 is 1.57. The SMILES string of the molecule is CN(C)C(=O)Nc1cccc(CNC(=O)Cc2cccs2)c1. The minimum atomic E-state index is -0.182. The van der Waals surface area contributed by atoms with Gasteiger partial charge in [0.2, 0.25) is 5.91 Å². The Morgan fingerprint density at radius 1 is 1.18 bits per heavy atom. The van der Waals surface area contributed by atoms with Crippen molar-refractivity contribution in [2.24, 2.45) is 0 Å². The van der Waals surface area contributed by atoms with Crippen molar-refractivity contribution in [3.05, 3.63) is 52.2 Å². The first-order chi connectivity index (χ1) is 10.5. The number of carbonyl (C=O) groups is 2. The average Bonchev–Trinajstić information content (AvgIpc) is 2.98. The number of nitrogens with zero attached hydrogens (tertiary/aromatic N) is 1. The van der Waals surface area contributed by atoms with Gasteiger partial charge in [-0.05, 0) is 29.1 Å². The lowest BCUT2D eigenvalue weighted by molar-refractivity contribution is -0.120. The van der Waals surface area contributed by atoms with E-state index in [0.29, 0.717) is 18.7 Å². The van der Waals surface area contributed by atoms with Crippen LogP contribution in [0.1, 0.15) is 10.4 Å². The number of hydrogen-bond donors (Lipinski definition) is 2. The highest BCUT2D eigenvalue weighted by Crippen LogP contribution is 2.12. The van der Waals surface area contributed by atoms with Gasteiger partial charge in [-0.3, -0.25) is 4.79 Å². The Kier molecular flexibility index (Phi) is 5.55. The van der Waals surface area contributed by atoms with Gasteiger partial charge in [-0.1, -0.05) is 18.2 Å². The molecule has 1 aromatic heterocycles. The van der Waals surface area contributed by atoms with Gasteiger partial charge in [0.25, 0.3) is 0 Å². The molecule has 1 aromatic carbocycles. The largest absolute Gasteiger partial charge is 0.352 e. The molecule has 0 aliphatic rings. The van der Waals surface area contributed by atoms with Gasteiger partial charge in [-0.15, -0.1) is 11.3 Å². The molecule has 0 aliphatic heterocycles. The highest BCUT2D eigenvalue weighted by atomic mass is 32.1. The lowest BCUT2D eigenvalue weighted by Gasteiger charge is -2.13. The number of carbonyl (C=O) groups excluding carboxylic acids is 2. The number of anilines is 1. The molecule has 0 unspecified atom stereocenters. The second kappa shape index (κ2) is 7.61. The minimum Gasteiger partial charge on any atom is -0.352 e. The van der Waals surface area contributed by atoms with Crippen molar-refractivity contribution >= 4 is 29.0 Å². The van der Waals surface area contributed by atoms with Crippen LogP contribution in [0.4, 0.5) is 10.5 Å². The Morgan fingerprint density at radius 3 is 2.68 bits per heavy atom. The van der Waals surface area contributed by atoms with Crippen molar-refractivity contribution in [2.45, 2.75) is 13.0 Å². The number of benzene rings is 1. The number of rotatable bonds is 5. The smallest absolute Gasteiger partial charge is 0.321 e. The summed E-state index contributed by atoms with van der Waals surface area (Å²) in [5.74, 6) is -0.00909. The van der Waals surface area contributed by atoms with E-state index in [0.717, 1.165) is 10.4 Å². The average molecular weight is 317 g/mol. The lowest BCUT2D eigenvalue weighted by Crippen LogP contribution is -2.27. The van der Waals surface area contributed by atoms with Crippen LogP contribution >= 0.6 is 11.3 Å². The zero-order valence-electron chi connectivity index (χ0n) is 12.6. The third-order valence-electron chi connectivity index (χ3n) is 2.99. The highest BCUT2D eigenvalue weighted by Gasteiger charge is 2.06. The van der Waals surface area contributed by atoms with Gasteiger partial charge in [0.1, 0.15) is 0 Å². The van der Waals surface area contributed by atoms with Crippen LogP contribution in [0.25, 0.3) is 0 Å². The second-order valence-corrected chi connectivity index (χ2v) is 6.09. The van der Waals surface area contributed by atoms with Gasteiger partial charge >= 0.3 is 6.03 Å². The quantitative estimate of drug-likeness (QED) is 0.890. The Hall–Kier alpha value is -2.34. The van der Waals surface area contributed by atoms with Crippen molar-refractivity contribution in [3.63, 3.8) is 0 Å². The summed E-state index contributed by atoms with van der Waals surface area (Å²) in [6.07, 6.45) is 0.398. The lowest BCUT2D eigenvalue weighted by atomic mass is 10.2. The van der Waals surface area contributed by atoms with Gasteiger partial charge in [0.15, 0.2) is 0 Å². The van der Waals surface area contributed by atoms with Gasteiger partial charge in [-0.2, -0.15) is 0 Å². The van der Waals surface area contributed by atoms with Gasteiger partial charge in [0, 0.05) is 31.2 Å². The summed E-state index contributed by atoms with van der Waals surface area (Å²) in [7, 11) is 3.37. The number of thiophene rings is 1. The van der Waals surface area contributed by atoms with Crippen molar-refractivity contribution in [3.8, 4) is 0 Å². The minimum absolute atomic E-state index is 0.00909. The summed E-state index contributed by atoms with van der Waals surface area (Å²) in [6, 6.07) is 11.1. The Labute approximate surface area is 134 Å². The monoisotopic (exact) mass is 317 g/mol. The maximum atomic E-state index is 11.9. The van der Waals surface area contributed by atoms with E-state index in [1.165, 1.54) is 4.90 Å². The Bertz CT molecular complexity index is 639. The summed E-state index contributed by atoms with van der Waals surface area (Å²) in [6.45, 7) is 0.440. The Morgan fingerprint density at radius 2 is 2.00 bits per heavy atom. The van der Waals surface area contributed by atoms with Crippen LogP contribution in [-0.2, 0) is 17.8 Å². The normalized spacial score (nSPS) is 10.1. The Balaban J connectivity index is 1.87. The van der Waals surface area contributed by atoms with Crippen molar-refractivity contribution < 1.29 is 9.59 Å². The first kappa shape index (κ1) is 16.0. The predicted octanol–water partition coefficient (Wildman–Crippen LogP) is 2.70. The fraction of sp³-hybridized carbons (Fsp3) is 0.250. The number of nitrogens with one attached hydrogen (secondary N) is 2. The zero-order chi connectivity index (χ0) is 15.9. The van der Waals surface area contributed by atoms with Crippen molar-refractivity contribution in [1.82, 2.24) is 10.2 Å². The van der Waals surface area contributed by atoms with Gasteiger partial charge in [0.05, 0.1) is 6.42 Å². The molecule has 2 N–H and O–H groups in total. The van der Waals surface area contributed by atoms with Crippen LogP contribution in [0, 0.1) is 0 Å². The van der Waals surface area contributed by atoms with E-state index in [-0.39, 0.29) is 11.9 Å². The fourth-order valence-electron chi connectivity index (χ4n) is 1.83. The van der Waals surface area contributed by atoms with Crippen LogP contribution < -0.4 is 10.6 Å². The number of urea groups is 1. The molecule has 0 radical (unpaired) electrons. The van der Waals surface area contributed by atoms with Gasteiger partial charge < -0.3 is 15.5 Å². The molecule has 0 spiro atoms. The first-order valence-corrected chi connectivity index (χ1v) is 7.79. The summed E-state index contributed by atoms with van der Waals surface area (Å²) in [5, 5.41) is 7.62. The summed E-state index contributed by atoms with van der Waals surface area (Å²) < 4.78 is 0. The molecule has 6 heteroatoms. The zero-order valence-corrected chi connectivity index (χ0v) is 13.4. The first-order valence-electron chi connectivity index (χ1n) is 6.91. The molecule has 0 saturated carbocycles. The number of hydrogen-bond acceptors (Lipinski definition) is 3. The maximum Gasteiger partial charge on any atom is 0.321 e. The molecule has 1 heterocycles. The van der Waals surface area contributed by atoms with Gasteiger partial charge in [-0.25, -0.2) is 4.79 Å². The fourth-order valence-corrected chi connectivity index (χ4v) is 2.53. The van der Waals surface area contributed by atoms with Crippen LogP contribution in [0.3, 0.4) is 0 Å². The molecule has 0 atom stereocenters. The van der Waals surface area contributed by atoms with E-state index in [4.69, 9.17) is 0 Å². The van der Waals surface area contributed by atoms with Crippen LogP contribution in [0.5, 0.6) is 0 Å². The summed E-state index contributed by atoms with van der Waals surface area (Å²) in [5.41, 5.74) is 1.65. The molecule has 116 valence electrons. The van der Waals surface area contributed by atoms with E-state index in [9.17, 15) is 9.59 Å². The van der Waals surface area contributed by atoms with Crippen molar-refractivity contribution in [2.75, 3.05) is 19.4 Å².